The number of pyridine rings is 1. The van der Waals surface area contributed by atoms with Gasteiger partial charge in [-0.2, -0.15) is 0 Å². The maximum absolute atomic E-state index is 11.6. The minimum atomic E-state index is -0.318. The highest BCUT2D eigenvalue weighted by atomic mass is 79.9. The molecule has 0 radical (unpaired) electrons. The summed E-state index contributed by atoms with van der Waals surface area (Å²) in [5.74, 6) is 0.400. The highest BCUT2D eigenvalue weighted by Crippen LogP contribution is 2.25. The first-order valence-corrected chi connectivity index (χ1v) is 5.97. The van der Waals surface area contributed by atoms with Crippen molar-refractivity contribution >= 4 is 27.4 Å². The van der Waals surface area contributed by atoms with Gasteiger partial charge in [-0.15, -0.1) is 0 Å². The molecule has 0 saturated heterocycles. The molecule has 0 atom stereocenters. The van der Waals surface area contributed by atoms with Gasteiger partial charge in [0, 0.05) is 10.7 Å². The third kappa shape index (κ3) is 2.29. The zero-order valence-corrected chi connectivity index (χ0v) is 11.2. The number of hydrogen-bond acceptors (Lipinski definition) is 3. The third-order valence-electron chi connectivity index (χ3n) is 2.38. The van der Waals surface area contributed by atoms with Crippen molar-refractivity contribution in [3.63, 3.8) is 0 Å². The molecule has 0 saturated carbocycles. The van der Waals surface area contributed by atoms with Crippen LogP contribution in [0.25, 0.3) is 5.52 Å². The largest absolute Gasteiger partial charge is 0.495 e. The molecule has 2 heterocycles. The molecule has 0 amide bonds. The molecule has 0 aliphatic heterocycles. The normalized spacial score (nSPS) is 10.5. The predicted molar refractivity (Wildman–Crippen MR) is 67.6 cm³/mol. The Morgan fingerprint density at radius 2 is 2.18 bits per heavy atom. The molecule has 0 fully saturated rings. The quantitative estimate of drug-likeness (QED) is 0.818. The number of nitrogens with zero attached hydrogens (tertiary/aromatic N) is 1. The van der Waals surface area contributed by atoms with Gasteiger partial charge in [0.2, 0.25) is 0 Å². The molecule has 0 spiro atoms. The second-order valence-electron chi connectivity index (χ2n) is 3.47. The van der Waals surface area contributed by atoms with Gasteiger partial charge in [0.15, 0.2) is 0 Å². The van der Waals surface area contributed by atoms with Gasteiger partial charge in [-0.05, 0) is 35.0 Å². The Labute approximate surface area is 107 Å². The van der Waals surface area contributed by atoms with Crippen LogP contribution in [0.4, 0.5) is 0 Å². The van der Waals surface area contributed by atoms with Crippen LogP contribution >= 0.6 is 15.9 Å². The van der Waals surface area contributed by atoms with Crippen LogP contribution < -0.4 is 4.74 Å². The van der Waals surface area contributed by atoms with Gasteiger partial charge in [0.25, 0.3) is 0 Å². The number of esters is 1. The Morgan fingerprint density at radius 3 is 2.82 bits per heavy atom. The fourth-order valence-corrected chi connectivity index (χ4v) is 2.13. The Hall–Kier alpha value is -1.49. The molecule has 90 valence electrons. The molecule has 0 aliphatic rings. The van der Waals surface area contributed by atoms with E-state index < -0.39 is 0 Å². The minimum Gasteiger partial charge on any atom is -0.495 e. The molecule has 0 bridgehead atoms. The first-order valence-electron chi connectivity index (χ1n) is 5.18. The van der Waals surface area contributed by atoms with Crippen LogP contribution in [0, 0.1) is 0 Å². The highest BCUT2D eigenvalue weighted by molar-refractivity contribution is 9.10. The standard InChI is InChI=1S/C12H12BrNO3/c1-3-17-12(15)8-4-11-10(13)5-9(16-2)7-14(11)6-8/h4-7H,3H2,1-2H3. The Bertz CT molecular complexity index is 562. The van der Waals surface area contributed by atoms with Gasteiger partial charge in [0.1, 0.15) is 5.75 Å². The zero-order chi connectivity index (χ0) is 12.4. The third-order valence-corrected chi connectivity index (χ3v) is 3.01. The van der Waals surface area contributed by atoms with E-state index in [0.29, 0.717) is 12.2 Å². The second-order valence-corrected chi connectivity index (χ2v) is 4.32. The zero-order valence-electron chi connectivity index (χ0n) is 9.57. The minimum absolute atomic E-state index is 0.318. The van der Waals surface area contributed by atoms with Crippen LogP contribution in [0.3, 0.4) is 0 Å². The summed E-state index contributed by atoms with van der Waals surface area (Å²) in [5, 5.41) is 0. The fourth-order valence-electron chi connectivity index (χ4n) is 1.59. The summed E-state index contributed by atoms with van der Waals surface area (Å²) < 4.78 is 12.8. The van der Waals surface area contributed by atoms with Crippen LogP contribution in [0.1, 0.15) is 17.3 Å². The van der Waals surface area contributed by atoms with Gasteiger partial charge in [-0.25, -0.2) is 4.79 Å². The number of rotatable bonds is 3. The summed E-state index contributed by atoms with van der Waals surface area (Å²) in [4.78, 5) is 11.6. The molecule has 2 rings (SSSR count). The number of carbonyl (C=O) groups is 1. The van der Waals surface area contributed by atoms with Crippen molar-refractivity contribution < 1.29 is 14.3 Å². The second kappa shape index (κ2) is 4.79. The number of fused-ring (bicyclic) bond motifs is 1. The smallest absolute Gasteiger partial charge is 0.339 e. The molecule has 2 aromatic rings. The first kappa shape index (κ1) is 12.0. The molecule has 4 nitrogen and oxygen atoms in total. The number of carbonyl (C=O) groups excluding carboxylic acids is 1. The highest BCUT2D eigenvalue weighted by Gasteiger charge is 2.11. The maximum atomic E-state index is 11.6. The van der Waals surface area contributed by atoms with Crippen LogP contribution in [0.15, 0.2) is 29.0 Å². The maximum Gasteiger partial charge on any atom is 0.339 e. The Morgan fingerprint density at radius 1 is 1.41 bits per heavy atom. The van der Waals surface area contributed by atoms with Gasteiger partial charge in [-0.3, -0.25) is 0 Å². The molecule has 0 unspecified atom stereocenters. The van der Waals surface area contributed by atoms with Gasteiger partial charge in [0.05, 0.1) is 31.0 Å². The summed E-state index contributed by atoms with van der Waals surface area (Å²) in [7, 11) is 1.60. The van der Waals surface area contributed by atoms with Gasteiger partial charge < -0.3 is 13.9 Å². The van der Waals surface area contributed by atoms with E-state index in [-0.39, 0.29) is 5.97 Å². The number of ether oxygens (including phenoxy) is 2. The van der Waals surface area contributed by atoms with Crippen LogP contribution in [-0.4, -0.2) is 24.1 Å². The molecule has 17 heavy (non-hydrogen) atoms. The van der Waals surface area contributed by atoms with E-state index in [1.54, 1.807) is 26.3 Å². The van der Waals surface area contributed by atoms with Crippen molar-refractivity contribution in [2.24, 2.45) is 0 Å². The lowest BCUT2D eigenvalue weighted by molar-refractivity contribution is 0.0526. The molecule has 2 aromatic heterocycles. The molecular weight excluding hydrogens is 286 g/mol. The molecule has 0 aromatic carbocycles. The lowest BCUT2D eigenvalue weighted by atomic mass is 10.3. The number of hydrogen-bond donors (Lipinski definition) is 0. The lowest BCUT2D eigenvalue weighted by Gasteiger charge is -2.02. The topological polar surface area (TPSA) is 39.9 Å². The van der Waals surface area contributed by atoms with E-state index >= 15 is 0 Å². The van der Waals surface area contributed by atoms with Crippen molar-refractivity contribution in [1.82, 2.24) is 4.40 Å². The number of methoxy groups -OCH3 is 1. The molecule has 0 aliphatic carbocycles. The van der Waals surface area contributed by atoms with E-state index in [2.05, 4.69) is 15.9 Å². The van der Waals surface area contributed by atoms with E-state index in [9.17, 15) is 4.79 Å². The average molecular weight is 298 g/mol. The van der Waals surface area contributed by atoms with Crippen LogP contribution in [0.5, 0.6) is 5.75 Å². The van der Waals surface area contributed by atoms with E-state index in [4.69, 9.17) is 9.47 Å². The fraction of sp³-hybridized carbons (Fsp3) is 0.250. The van der Waals surface area contributed by atoms with E-state index in [1.807, 2.05) is 16.7 Å². The average Bonchev–Trinajstić information content (AvgIpc) is 2.73. The van der Waals surface area contributed by atoms with Crippen molar-refractivity contribution in [2.75, 3.05) is 13.7 Å². The summed E-state index contributed by atoms with van der Waals surface area (Å²) in [6.45, 7) is 2.15. The number of halogens is 1. The Kier molecular flexibility index (Phi) is 3.38. The molecule has 0 N–H and O–H groups in total. The number of aromatic nitrogens is 1. The van der Waals surface area contributed by atoms with Crippen molar-refractivity contribution in [3.05, 3.63) is 34.6 Å². The Balaban J connectivity index is 2.49. The van der Waals surface area contributed by atoms with Gasteiger partial charge >= 0.3 is 5.97 Å². The SMILES string of the molecule is CCOC(=O)c1cc2c(Br)cc(OC)cn2c1. The summed E-state index contributed by atoms with van der Waals surface area (Å²) in [5.41, 5.74) is 1.43. The predicted octanol–water partition coefficient (Wildman–Crippen LogP) is 2.89. The summed E-state index contributed by atoms with van der Waals surface area (Å²) >= 11 is 3.44. The van der Waals surface area contributed by atoms with Crippen LogP contribution in [-0.2, 0) is 4.74 Å². The van der Waals surface area contributed by atoms with Crippen LogP contribution in [0.2, 0.25) is 0 Å². The van der Waals surface area contributed by atoms with E-state index in [0.717, 1.165) is 15.7 Å². The lowest BCUT2D eigenvalue weighted by Crippen LogP contribution is -2.02. The molecular formula is C12H12BrNO3. The molecule has 5 heteroatoms. The van der Waals surface area contributed by atoms with Crippen molar-refractivity contribution in [2.45, 2.75) is 6.92 Å². The van der Waals surface area contributed by atoms with Gasteiger partial charge in [-0.1, -0.05) is 0 Å². The monoisotopic (exact) mass is 297 g/mol. The van der Waals surface area contributed by atoms with Crippen molar-refractivity contribution in [3.8, 4) is 5.75 Å². The van der Waals surface area contributed by atoms with Crippen molar-refractivity contribution in [1.29, 1.82) is 0 Å². The first-order chi connectivity index (χ1) is 8.15. The summed E-state index contributed by atoms with van der Waals surface area (Å²) in [6, 6.07) is 3.63. The summed E-state index contributed by atoms with van der Waals surface area (Å²) in [6.07, 6.45) is 3.53. The van der Waals surface area contributed by atoms with E-state index in [1.165, 1.54) is 0 Å².